The minimum atomic E-state index is -0.155. The van der Waals surface area contributed by atoms with Gasteiger partial charge in [0.15, 0.2) is 0 Å². The maximum atomic E-state index is 12.8. The summed E-state index contributed by atoms with van der Waals surface area (Å²) in [6.07, 6.45) is 7.96. The van der Waals surface area contributed by atoms with Crippen molar-refractivity contribution >= 4 is 17.9 Å². The quantitative estimate of drug-likeness (QED) is 0.565. The van der Waals surface area contributed by atoms with Gasteiger partial charge in [0.2, 0.25) is 5.91 Å². The fourth-order valence-electron chi connectivity index (χ4n) is 3.93. The number of hydrogen-bond acceptors (Lipinski definition) is 5. The third-order valence-electron chi connectivity index (χ3n) is 5.94. The van der Waals surface area contributed by atoms with Gasteiger partial charge < -0.3 is 9.80 Å². The van der Waals surface area contributed by atoms with Crippen LogP contribution in [0.25, 0.3) is 6.08 Å². The highest BCUT2D eigenvalue weighted by Crippen LogP contribution is 2.17. The molecule has 170 valence electrons. The van der Waals surface area contributed by atoms with Crippen molar-refractivity contribution in [3.05, 3.63) is 82.7 Å². The van der Waals surface area contributed by atoms with Crippen molar-refractivity contribution in [1.82, 2.24) is 29.5 Å². The number of rotatable bonds is 5. The summed E-state index contributed by atoms with van der Waals surface area (Å²) < 4.78 is 1.97. The molecule has 4 rings (SSSR count). The van der Waals surface area contributed by atoms with Crippen LogP contribution in [0, 0.1) is 20.8 Å². The summed E-state index contributed by atoms with van der Waals surface area (Å²) in [5.74, 6) is -0.218. The largest absolute Gasteiger partial charge is 0.336 e. The Morgan fingerprint density at radius 2 is 1.67 bits per heavy atom. The second-order valence-electron chi connectivity index (χ2n) is 8.27. The maximum absolute atomic E-state index is 12.8. The fourth-order valence-corrected chi connectivity index (χ4v) is 3.93. The molecule has 3 heterocycles. The number of amides is 2. The molecule has 0 aliphatic carbocycles. The molecule has 3 aromatic rings. The predicted octanol–water partition coefficient (Wildman–Crippen LogP) is 2.64. The number of benzene rings is 1. The van der Waals surface area contributed by atoms with Gasteiger partial charge in [0.1, 0.15) is 5.69 Å². The van der Waals surface area contributed by atoms with Gasteiger partial charge in [0.05, 0.1) is 18.4 Å². The lowest BCUT2D eigenvalue weighted by molar-refractivity contribution is -0.127. The SMILES string of the molecule is Cc1ccc(Cn2nc(C)c(C=CC(=O)N3CCN(C(=O)c4cnccn4)CC3)c2C)cc1. The first-order valence-corrected chi connectivity index (χ1v) is 11.0. The van der Waals surface area contributed by atoms with Crippen molar-refractivity contribution in [3.63, 3.8) is 0 Å². The standard InChI is InChI=1S/C25H28N6O2/c1-18-4-6-21(7-5-18)17-31-20(3)22(19(2)28-31)8-9-24(32)29-12-14-30(15-13-29)25(33)23-16-26-10-11-27-23/h4-11,16H,12-15,17H2,1-3H3. The zero-order chi connectivity index (χ0) is 23.4. The van der Waals surface area contributed by atoms with Gasteiger partial charge in [-0.15, -0.1) is 0 Å². The molecule has 1 saturated heterocycles. The van der Waals surface area contributed by atoms with Crippen molar-refractivity contribution in [3.8, 4) is 0 Å². The molecule has 1 aliphatic heterocycles. The second-order valence-corrected chi connectivity index (χ2v) is 8.27. The first-order chi connectivity index (χ1) is 15.9. The van der Waals surface area contributed by atoms with E-state index in [1.54, 1.807) is 15.9 Å². The van der Waals surface area contributed by atoms with Crippen LogP contribution >= 0.6 is 0 Å². The Morgan fingerprint density at radius 1 is 0.970 bits per heavy atom. The van der Waals surface area contributed by atoms with Gasteiger partial charge in [0, 0.05) is 55.9 Å². The lowest BCUT2D eigenvalue weighted by Crippen LogP contribution is -2.50. The monoisotopic (exact) mass is 444 g/mol. The van der Waals surface area contributed by atoms with Gasteiger partial charge in [-0.25, -0.2) is 4.98 Å². The van der Waals surface area contributed by atoms with E-state index in [4.69, 9.17) is 0 Å². The molecule has 8 heteroatoms. The van der Waals surface area contributed by atoms with E-state index >= 15 is 0 Å². The molecule has 0 bridgehead atoms. The topological polar surface area (TPSA) is 84.2 Å². The number of piperazine rings is 1. The van der Waals surface area contributed by atoms with Crippen LogP contribution in [0.15, 0.2) is 48.9 Å². The maximum Gasteiger partial charge on any atom is 0.274 e. The van der Waals surface area contributed by atoms with Crippen LogP contribution in [-0.4, -0.2) is 67.5 Å². The van der Waals surface area contributed by atoms with Crippen molar-refractivity contribution in [2.45, 2.75) is 27.3 Å². The Balaban J connectivity index is 1.36. The molecule has 1 aromatic carbocycles. The summed E-state index contributed by atoms with van der Waals surface area (Å²) in [4.78, 5) is 36.8. The van der Waals surface area contributed by atoms with Gasteiger partial charge >= 0.3 is 0 Å². The molecule has 2 amide bonds. The second kappa shape index (κ2) is 9.77. The Hall–Kier alpha value is -3.81. The van der Waals surface area contributed by atoms with Crippen LogP contribution in [0.5, 0.6) is 0 Å². The molecular weight excluding hydrogens is 416 g/mol. The lowest BCUT2D eigenvalue weighted by atomic mass is 10.1. The van der Waals surface area contributed by atoms with E-state index in [1.807, 2.05) is 24.6 Å². The van der Waals surface area contributed by atoms with Gasteiger partial charge in [-0.3, -0.25) is 19.3 Å². The van der Waals surface area contributed by atoms with Crippen molar-refractivity contribution in [2.75, 3.05) is 26.2 Å². The average molecular weight is 445 g/mol. The minimum absolute atomic E-state index is 0.0633. The molecule has 1 fully saturated rings. The summed E-state index contributed by atoms with van der Waals surface area (Å²) in [5.41, 5.74) is 5.62. The number of carbonyl (C=O) groups is 2. The Morgan fingerprint density at radius 3 is 2.33 bits per heavy atom. The van der Waals surface area contributed by atoms with E-state index in [-0.39, 0.29) is 11.8 Å². The lowest BCUT2D eigenvalue weighted by Gasteiger charge is -2.34. The van der Waals surface area contributed by atoms with Gasteiger partial charge in [-0.1, -0.05) is 29.8 Å². The normalized spacial score (nSPS) is 14.2. The van der Waals surface area contributed by atoms with Crippen LogP contribution in [0.1, 0.15) is 38.6 Å². The zero-order valence-electron chi connectivity index (χ0n) is 19.2. The molecule has 0 atom stereocenters. The van der Waals surface area contributed by atoms with Crippen molar-refractivity contribution < 1.29 is 9.59 Å². The summed E-state index contributed by atoms with van der Waals surface area (Å²) in [6.45, 7) is 8.66. The van der Waals surface area contributed by atoms with E-state index in [0.29, 0.717) is 38.4 Å². The number of hydrogen-bond donors (Lipinski definition) is 0. The highest BCUT2D eigenvalue weighted by Gasteiger charge is 2.24. The van der Waals surface area contributed by atoms with E-state index in [2.05, 4.69) is 46.3 Å². The van der Waals surface area contributed by atoms with E-state index in [1.165, 1.54) is 29.7 Å². The molecule has 0 radical (unpaired) electrons. The molecule has 0 N–H and O–H groups in total. The van der Waals surface area contributed by atoms with E-state index < -0.39 is 0 Å². The third kappa shape index (κ3) is 5.16. The van der Waals surface area contributed by atoms with Crippen LogP contribution in [0.3, 0.4) is 0 Å². The highest BCUT2D eigenvalue weighted by molar-refractivity contribution is 5.93. The number of carbonyl (C=O) groups excluding carboxylic acids is 2. The number of aryl methyl sites for hydroxylation is 2. The highest BCUT2D eigenvalue weighted by atomic mass is 16.2. The summed E-state index contributed by atoms with van der Waals surface area (Å²) >= 11 is 0. The van der Waals surface area contributed by atoms with Crippen molar-refractivity contribution in [2.24, 2.45) is 0 Å². The number of nitrogens with zero attached hydrogens (tertiary/aromatic N) is 6. The molecular formula is C25H28N6O2. The Bertz CT molecular complexity index is 1160. The van der Waals surface area contributed by atoms with Gasteiger partial charge in [-0.05, 0) is 32.4 Å². The predicted molar refractivity (Wildman–Crippen MR) is 126 cm³/mol. The van der Waals surface area contributed by atoms with Crippen LogP contribution < -0.4 is 0 Å². The van der Waals surface area contributed by atoms with Gasteiger partial charge in [-0.2, -0.15) is 5.10 Å². The Labute approximate surface area is 193 Å². The summed E-state index contributed by atoms with van der Waals surface area (Å²) in [6, 6.07) is 8.42. The third-order valence-corrected chi connectivity index (χ3v) is 5.94. The number of aromatic nitrogens is 4. The minimum Gasteiger partial charge on any atom is -0.336 e. The first-order valence-electron chi connectivity index (χ1n) is 11.0. The molecule has 8 nitrogen and oxygen atoms in total. The zero-order valence-corrected chi connectivity index (χ0v) is 19.2. The van der Waals surface area contributed by atoms with E-state index in [9.17, 15) is 9.59 Å². The Kier molecular flexibility index (Phi) is 6.63. The van der Waals surface area contributed by atoms with Gasteiger partial charge in [0.25, 0.3) is 5.91 Å². The van der Waals surface area contributed by atoms with Crippen LogP contribution in [0.4, 0.5) is 0 Å². The van der Waals surface area contributed by atoms with Crippen LogP contribution in [-0.2, 0) is 11.3 Å². The summed E-state index contributed by atoms with van der Waals surface area (Å²) in [5, 5.41) is 4.66. The molecule has 33 heavy (non-hydrogen) atoms. The summed E-state index contributed by atoms with van der Waals surface area (Å²) in [7, 11) is 0. The molecule has 0 unspecified atom stereocenters. The molecule has 0 saturated carbocycles. The fraction of sp³-hybridized carbons (Fsp3) is 0.320. The molecule has 0 spiro atoms. The van der Waals surface area contributed by atoms with E-state index in [0.717, 1.165) is 17.0 Å². The molecule has 1 aliphatic rings. The van der Waals surface area contributed by atoms with Crippen LogP contribution in [0.2, 0.25) is 0 Å². The smallest absolute Gasteiger partial charge is 0.274 e. The van der Waals surface area contributed by atoms with Crippen molar-refractivity contribution in [1.29, 1.82) is 0 Å². The average Bonchev–Trinajstić information content (AvgIpc) is 3.11. The first kappa shape index (κ1) is 22.4. The molecule has 2 aromatic heterocycles.